The normalized spacial score (nSPS) is 14.2. The molecule has 0 saturated carbocycles. The quantitative estimate of drug-likeness (QED) is 0.163. The van der Waals surface area contributed by atoms with Gasteiger partial charge in [-0.2, -0.15) is 5.10 Å². The second-order valence-electron chi connectivity index (χ2n) is 11.0. The number of aryl methyl sites for hydroxylation is 1. The molecule has 3 heterocycles. The molecule has 0 radical (unpaired) electrons. The molecule has 0 spiro atoms. The maximum Gasteiger partial charge on any atom is 0.338 e. The Hall–Kier alpha value is -5.81. The maximum absolute atomic E-state index is 14.3. The predicted molar refractivity (Wildman–Crippen MR) is 183 cm³/mol. The molecule has 48 heavy (non-hydrogen) atoms. The van der Waals surface area contributed by atoms with Crippen LogP contribution >= 0.6 is 11.3 Å². The first kappa shape index (κ1) is 32.1. The molecule has 10 nitrogen and oxygen atoms in total. The number of hydrogen-bond donors (Lipinski definition) is 0. The minimum atomic E-state index is -0.834. The van der Waals surface area contributed by atoms with E-state index in [0.717, 1.165) is 22.6 Å². The van der Waals surface area contributed by atoms with Gasteiger partial charge in [-0.15, -0.1) is 0 Å². The highest BCUT2D eigenvalue weighted by atomic mass is 32.1. The van der Waals surface area contributed by atoms with Crippen molar-refractivity contribution in [3.63, 3.8) is 0 Å². The second kappa shape index (κ2) is 13.5. The third kappa shape index (κ3) is 6.03. The number of carbonyl (C=O) groups excluding carboxylic acids is 2. The lowest BCUT2D eigenvalue weighted by Crippen LogP contribution is -2.39. The lowest BCUT2D eigenvalue weighted by Gasteiger charge is -2.24. The fourth-order valence-corrected chi connectivity index (χ4v) is 6.64. The standard InChI is InChI=1S/C37H32N4O6S/c1-6-18-47-29-17-16-26(19-22(29)2)32-27(21-40(39-32)28-10-8-7-9-11-28)20-30-34(42)41-33(24-12-14-25(15-13-24)35(43)45-4)31(36(44)46-5)23(3)38-37(41)48-30/h6-17,19-21,33H,1,18H2,2-5H3/b30-20-/t33-/m1/s1. The molecule has 0 unspecified atom stereocenters. The van der Waals surface area contributed by atoms with Gasteiger partial charge in [0, 0.05) is 17.3 Å². The van der Waals surface area contributed by atoms with Crippen molar-refractivity contribution in [1.29, 1.82) is 0 Å². The van der Waals surface area contributed by atoms with E-state index in [1.54, 1.807) is 48.0 Å². The van der Waals surface area contributed by atoms with Gasteiger partial charge in [-0.1, -0.05) is 54.3 Å². The van der Waals surface area contributed by atoms with Gasteiger partial charge in [-0.25, -0.2) is 19.3 Å². The molecule has 0 saturated heterocycles. The number of allylic oxidation sites excluding steroid dienone is 1. The first-order valence-electron chi connectivity index (χ1n) is 15.0. The molecule has 1 aliphatic rings. The number of nitrogens with zero attached hydrogens (tertiary/aromatic N) is 4. The summed E-state index contributed by atoms with van der Waals surface area (Å²) in [5.41, 5.74) is 5.30. The van der Waals surface area contributed by atoms with Crippen molar-refractivity contribution in [2.24, 2.45) is 4.99 Å². The van der Waals surface area contributed by atoms with Crippen molar-refractivity contribution < 1.29 is 23.8 Å². The van der Waals surface area contributed by atoms with Crippen LogP contribution in [0.4, 0.5) is 0 Å². The molecule has 0 aliphatic carbocycles. The summed E-state index contributed by atoms with van der Waals surface area (Å²) in [6.07, 6.45) is 5.38. The Morgan fingerprint density at radius 2 is 1.71 bits per heavy atom. The van der Waals surface area contributed by atoms with Gasteiger partial charge in [0.25, 0.3) is 5.56 Å². The van der Waals surface area contributed by atoms with Gasteiger partial charge in [-0.05, 0) is 73.5 Å². The van der Waals surface area contributed by atoms with Crippen molar-refractivity contribution >= 4 is 29.4 Å². The number of carbonyl (C=O) groups is 2. The van der Waals surface area contributed by atoms with E-state index in [9.17, 15) is 14.4 Å². The van der Waals surface area contributed by atoms with Gasteiger partial charge in [0.1, 0.15) is 18.1 Å². The zero-order valence-corrected chi connectivity index (χ0v) is 27.6. The Kier molecular flexibility index (Phi) is 9.04. The summed E-state index contributed by atoms with van der Waals surface area (Å²) in [7, 11) is 2.59. The van der Waals surface area contributed by atoms with E-state index >= 15 is 0 Å². The fourth-order valence-electron chi connectivity index (χ4n) is 5.61. The fraction of sp³-hybridized carbons (Fsp3) is 0.162. The number of aromatic nitrogens is 3. The molecule has 11 heteroatoms. The van der Waals surface area contributed by atoms with Crippen LogP contribution in [0.5, 0.6) is 5.75 Å². The number of rotatable bonds is 9. The SMILES string of the molecule is C=CCOc1ccc(-c2nn(-c3ccccc3)cc2/C=c2\sc3n(c2=O)[C@H](c2ccc(C(=O)OC)cc2)C(C(=O)OC)=C(C)N=3)cc1C. The minimum absolute atomic E-state index is 0.231. The Morgan fingerprint density at radius 1 is 0.979 bits per heavy atom. The lowest BCUT2D eigenvalue weighted by atomic mass is 9.95. The summed E-state index contributed by atoms with van der Waals surface area (Å²) in [4.78, 5) is 44.6. The van der Waals surface area contributed by atoms with Crippen LogP contribution in [0.15, 0.2) is 113 Å². The van der Waals surface area contributed by atoms with Gasteiger partial charge in [0.2, 0.25) is 0 Å². The molecule has 1 aliphatic heterocycles. The number of fused-ring (bicyclic) bond motifs is 1. The zero-order chi connectivity index (χ0) is 33.9. The number of benzene rings is 3. The number of para-hydroxylation sites is 1. The Morgan fingerprint density at radius 3 is 2.38 bits per heavy atom. The van der Waals surface area contributed by atoms with Crippen LogP contribution in [-0.2, 0) is 14.3 Å². The molecule has 0 amide bonds. The van der Waals surface area contributed by atoms with Crippen LogP contribution in [0, 0.1) is 6.92 Å². The average molecular weight is 661 g/mol. The van der Waals surface area contributed by atoms with Crippen LogP contribution in [0.1, 0.15) is 40.0 Å². The van der Waals surface area contributed by atoms with Gasteiger partial charge in [-0.3, -0.25) is 9.36 Å². The van der Waals surface area contributed by atoms with E-state index in [-0.39, 0.29) is 11.1 Å². The highest BCUT2D eigenvalue weighted by molar-refractivity contribution is 7.07. The molecule has 1 atom stereocenters. The van der Waals surface area contributed by atoms with E-state index in [4.69, 9.17) is 19.3 Å². The molecule has 242 valence electrons. The van der Waals surface area contributed by atoms with Gasteiger partial charge in [0.15, 0.2) is 4.80 Å². The monoisotopic (exact) mass is 660 g/mol. The Bertz CT molecular complexity index is 2260. The van der Waals surface area contributed by atoms with E-state index < -0.39 is 18.0 Å². The summed E-state index contributed by atoms with van der Waals surface area (Å²) in [5.74, 6) is -0.353. The third-order valence-corrected chi connectivity index (χ3v) is 8.91. The van der Waals surface area contributed by atoms with Crippen LogP contribution < -0.4 is 19.6 Å². The topological polar surface area (TPSA) is 114 Å². The third-order valence-electron chi connectivity index (χ3n) is 7.93. The van der Waals surface area contributed by atoms with E-state index in [2.05, 4.69) is 11.6 Å². The van der Waals surface area contributed by atoms with Gasteiger partial charge in [0.05, 0.1) is 47.3 Å². The molecule has 3 aromatic carbocycles. The smallest absolute Gasteiger partial charge is 0.338 e. The summed E-state index contributed by atoms with van der Waals surface area (Å²) < 4.78 is 19.4. The number of methoxy groups -OCH3 is 2. The number of hydrogen-bond acceptors (Lipinski definition) is 9. The second-order valence-corrected chi connectivity index (χ2v) is 12.0. The largest absolute Gasteiger partial charge is 0.489 e. The maximum atomic E-state index is 14.3. The molecule has 2 aromatic heterocycles. The highest BCUT2D eigenvalue weighted by Gasteiger charge is 2.33. The van der Waals surface area contributed by atoms with Crippen molar-refractivity contribution in [2.45, 2.75) is 19.9 Å². The van der Waals surface area contributed by atoms with Crippen molar-refractivity contribution in [1.82, 2.24) is 14.3 Å². The molecular weight excluding hydrogens is 628 g/mol. The van der Waals surface area contributed by atoms with E-state index in [1.165, 1.54) is 30.1 Å². The molecule has 0 bridgehead atoms. The van der Waals surface area contributed by atoms with Crippen molar-refractivity contribution in [3.05, 3.63) is 145 Å². The first-order chi connectivity index (χ1) is 23.2. The molecular formula is C37H32N4O6S. The van der Waals surface area contributed by atoms with Gasteiger partial charge < -0.3 is 14.2 Å². The van der Waals surface area contributed by atoms with E-state index in [0.29, 0.717) is 44.0 Å². The predicted octanol–water partition coefficient (Wildman–Crippen LogP) is 4.92. The molecule has 6 rings (SSSR count). The number of thiazole rings is 1. The van der Waals surface area contributed by atoms with Crippen molar-refractivity contribution in [3.8, 4) is 22.7 Å². The average Bonchev–Trinajstić information content (AvgIpc) is 3.67. The zero-order valence-electron chi connectivity index (χ0n) is 26.8. The molecule has 5 aromatic rings. The summed E-state index contributed by atoms with van der Waals surface area (Å²) in [6, 6.07) is 21.3. The number of esters is 2. The number of ether oxygens (including phenoxy) is 3. The minimum Gasteiger partial charge on any atom is -0.489 e. The van der Waals surface area contributed by atoms with Crippen LogP contribution in [0.3, 0.4) is 0 Å². The highest BCUT2D eigenvalue weighted by Crippen LogP contribution is 2.32. The van der Waals surface area contributed by atoms with Crippen LogP contribution in [-0.4, -0.2) is 47.1 Å². The van der Waals surface area contributed by atoms with Crippen LogP contribution in [0.25, 0.3) is 23.0 Å². The summed E-state index contributed by atoms with van der Waals surface area (Å²) in [6.45, 7) is 7.79. The van der Waals surface area contributed by atoms with Gasteiger partial charge >= 0.3 is 11.9 Å². The lowest BCUT2D eigenvalue weighted by molar-refractivity contribution is -0.136. The van der Waals surface area contributed by atoms with Crippen LogP contribution in [0.2, 0.25) is 0 Å². The summed E-state index contributed by atoms with van der Waals surface area (Å²) >= 11 is 1.22. The Balaban J connectivity index is 1.53. The summed E-state index contributed by atoms with van der Waals surface area (Å²) in [5, 5.41) is 4.94. The van der Waals surface area contributed by atoms with Crippen molar-refractivity contribution in [2.75, 3.05) is 20.8 Å². The van der Waals surface area contributed by atoms with E-state index in [1.807, 2.05) is 61.7 Å². The molecule has 0 fully saturated rings. The first-order valence-corrected chi connectivity index (χ1v) is 15.8. The Labute approximate surface area is 280 Å². The molecule has 0 N–H and O–H groups in total.